The van der Waals surface area contributed by atoms with Crippen LogP contribution in [0.4, 0.5) is 22.4 Å². The number of imide groups is 1. The van der Waals surface area contributed by atoms with E-state index in [0.29, 0.717) is 0 Å². The first-order valence-corrected chi connectivity index (χ1v) is 8.07. The van der Waals surface area contributed by atoms with E-state index in [2.05, 4.69) is 0 Å². The minimum absolute atomic E-state index is 0.226. The first kappa shape index (κ1) is 20.2. The molecule has 1 heterocycles. The summed E-state index contributed by atoms with van der Waals surface area (Å²) in [5.74, 6) is -4.06. The van der Waals surface area contributed by atoms with Crippen LogP contribution in [-0.2, 0) is 15.1 Å². The molecule has 0 spiro atoms. The van der Waals surface area contributed by atoms with Crippen LogP contribution < -0.4 is 0 Å². The summed E-state index contributed by atoms with van der Waals surface area (Å²) >= 11 is 0. The molecule has 1 aliphatic heterocycles. The summed E-state index contributed by atoms with van der Waals surface area (Å²) in [7, 11) is 0. The second-order valence-electron chi connectivity index (χ2n) is 7.74. The van der Waals surface area contributed by atoms with Crippen molar-refractivity contribution in [2.45, 2.75) is 64.0 Å². The molecule has 3 atom stereocenters. The lowest BCUT2D eigenvalue weighted by atomic mass is 9.76. The molecule has 2 amide bonds. The molecule has 0 N–H and O–H groups in total. The fraction of sp³-hybridized carbons (Fsp3) is 0.556. The summed E-state index contributed by atoms with van der Waals surface area (Å²) in [4.78, 5) is 25.4. The van der Waals surface area contributed by atoms with E-state index in [4.69, 9.17) is 4.74 Å². The van der Waals surface area contributed by atoms with Crippen molar-refractivity contribution < 1.29 is 31.9 Å². The Morgan fingerprint density at radius 2 is 1.85 bits per heavy atom. The van der Waals surface area contributed by atoms with Gasteiger partial charge in [-0.25, -0.2) is 27.3 Å². The van der Waals surface area contributed by atoms with Crippen LogP contribution in [0.2, 0.25) is 0 Å². The number of alkyl halides is 2. The topological polar surface area (TPSA) is 46.6 Å². The van der Waals surface area contributed by atoms with Gasteiger partial charge in [0.05, 0.1) is 0 Å². The third-order valence-corrected chi connectivity index (χ3v) is 4.36. The van der Waals surface area contributed by atoms with Gasteiger partial charge in [-0.3, -0.25) is 4.79 Å². The van der Waals surface area contributed by atoms with Crippen molar-refractivity contribution in [3.63, 3.8) is 0 Å². The summed E-state index contributed by atoms with van der Waals surface area (Å²) in [6.45, 7) is 6.39. The smallest absolute Gasteiger partial charge is 0.418 e. The molecule has 0 unspecified atom stereocenters. The number of carbonyl (C=O) groups excluding carboxylic acids is 2. The highest BCUT2D eigenvalue weighted by atomic mass is 19.2. The minimum Gasteiger partial charge on any atom is -0.443 e. The Balaban J connectivity index is 2.68. The Morgan fingerprint density at radius 3 is 2.38 bits per heavy atom. The minimum atomic E-state index is -2.69. The summed E-state index contributed by atoms with van der Waals surface area (Å²) in [5.41, 5.74) is -6.61. The normalized spacial score (nSPS) is 29.7. The molecule has 2 rings (SSSR count). The number of amides is 2. The standard InChI is InChI=1S/C18H21F4NO3/c1-16(2,3)26-15(25)23-14(24)17(4,22)9-12(20)18(23,5)10-7-6-8-11(19)13(10)21/h6-8,12H,9H2,1-5H3/t12-,17+,18+/m0/s1. The third kappa shape index (κ3) is 3.29. The molecule has 8 heteroatoms. The van der Waals surface area contributed by atoms with E-state index in [0.717, 1.165) is 32.0 Å². The van der Waals surface area contributed by atoms with Crippen molar-refractivity contribution >= 4 is 12.0 Å². The summed E-state index contributed by atoms with van der Waals surface area (Å²) in [6.07, 6.45) is -4.42. The van der Waals surface area contributed by atoms with Crippen LogP contribution in [0.1, 0.15) is 46.6 Å². The van der Waals surface area contributed by atoms with Gasteiger partial charge in [-0.15, -0.1) is 0 Å². The maximum atomic E-state index is 15.0. The van der Waals surface area contributed by atoms with Crippen molar-refractivity contribution in [2.24, 2.45) is 0 Å². The van der Waals surface area contributed by atoms with Crippen LogP contribution in [0, 0.1) is 11.6 Å². The van der Waals surface area contributed by atoms with Crippen LogP contribution in [0.5, 0.6) is 0 Å². The molecule has 1 aromatic rings. The van der Waals surface area contributed by atoms with E-state index >= 15 is 4.39 Å². The van der Waals surface area contributed by atoms with E-state index in [9.17, 15) is 22.8 Å². The van der Waals surface area contributed by atoms with Gasteiger partial charge < -0.3 is 4.74 Å². The molecule has 0 radical (unpaired) electrons. The number of ether oxygens (including phenoxy) is 1. The maximum absolute atomic E-state index is 15.0. The van der Waals surface area contributed by atoms with Gasteiger partial charge in [0, 0.05) is 12.0 Å². The predicted octanol–water partition coefficient (Wildman–Crippen LogP) is 4.41. The van der Waals surface area contributed by atoms with Gasteiger partial charge in [0.15, 0.2) is 17.3 Å². The highest BCUT2D eigenvalue weighted by molar-refractivity contribution is 5.99. The number of piperidine rings is 1. The van der Waals surface area contributed by atoms with Gasteiger partial charge in [0.1, 0.15) is 17.3 Å². The predicted molar refractivity (Wildman–Crippen MR) is 85.8 cm³/mol. The fourth-order valence-corrected chi connectivity index (χ4v) is 2.97. The van der Waals surface area contributed by atoms with Gasteiger partial charge in [0.25, 0.3) is 5.91 Å². The monoisotopic (exact) mass is 375 g/mol. The zero-order chi connectivity index (χ0) is 20.1. The van der Waals surface area contributed by atoms with Crippen LogP contribution in [-0.4, -0.2) is 34.3 Å². The lowest BCUT2D eigenvalue weighted by Crippen LogP contribution is -2.66. The molecular weight excluding hydrogens is 354 g/mol. The molecule has 1 aliphatic rings. The van der Waals surface area contributed by atoms with Crippen LogP contribution in [0.15, 0.2) is 18.2 Å². The summed E-state index contributed by atoms with van der Waals surface area (Å²) < 4.78 is 62.8. The Labute approximate surface area is 149 Å². The molecule has 26 heavy (non-hydrogen) atoms. The van der Waals surface area contributed by atoms with E-state index in [-0.39, 0.29) is 4.90 Å². The maximum Gasteiger partial charge on any atom is 0.418 e. The number of nitrogens with zero attached hydrogens (tertiary/aromatic N) is 1. The lowest BCUT2D eigenvalue weighted by molar-refractivity contribution is -0.163. The molecule has 1 saturated heterocycles. The second-order valence-corrected chi connectivity index (χ2v) is 7.74. The first-order valence-electron chi connectivity index (χ1n) is 8.07. The average molecular weight is 375 g/mol. The van der Waals surface area contributed by atoms with E-state index in [1.807, 2.05) is 0 Å². The van der Waals surface area contributed by atoms with Crippen molar-refractivity contribution in [3.8, 4) is 0 Å². The molecule has 0 aromatic heterocycles. The van der Waals surface area contributed by atoms with Crippen molar-refractivity contribution in [1.29, 1.82) is 0 Å². The Kier molecular flexibility index (Phi) is 4.85. The molecule has 0 bridgehead atoms. The van der Waals surface area contributed by atoms with E-state index < -0.39 is 58.6 Å². The summed E-state index contributed by atoms with van der Waals surface area (Å²) in [5, 5.41) is 0. The van der Waals surface area contributed by atoms with Crippen LogP contribution in [0.25, 0.3) is 0 Å². The van der Waals surface area contributed by atoms with E-state index in [1.54, 1.807) is 0 Å². The Morgan fingerprint density at radius 1 is 1.27 bits per heavy atom. The SMILES string of the molecule is CC(C)(C)OC(=O)N1C(=O)[C@](C)(F)C[C@H](F)[C@@]1(C)c1cccc(F)c1F. The lowest BCUT2D eigenvalue weighted by Gasteiger charge is -2.48. The highest BCUT2D eigenvalue weighted by Crippen LogP contribution is 2.46. The van der Waals surface area contributed by atoms with Gasteiger partial charge in [-0.05, 0) is 40.7 Å². The zero-order valence-electron chi connectivity index (χ0n) is 15.2. The number of likely N-dealkylation sites (tertiary alicyclic amines) is 1. The Bertz CT molecular complexity index is 744. The molecule has 144 valence electrons. The number of carbonyl (C=O) groups is 2. The van der Waals surface area contributed by atoms with Crippen LogP contribution >= 0.6 is 0 Å². The van der Waals surface area contributed by atoms with Crippen LogP contribution in [0.3, 0.4) is 0 Å². The van der Waals surface area contributed by atoms with Crippen molar-refractivity contribution in [2.75, 3.05) is 0 Å². The summed E-state index contributed by atoms with van der Waals surface area (Å²) in [6, 6.07) is 2.99. The number of hydrogen-bond donors (Lipinski definition) is 0. The fourth-order valence-electron chi connectivity index (χ4n) is 2.97. The quantitative estimate of drug-likeness (QED) is 0.683. The first-order chi connectivity index (χ1) is 11.7. The number of benzene rings is 1. The second kappa shape index (κ2) is 6.25. The molecule has 4 nitrogen and oxygen atoms in total. The number of rotatable bonds is 1. The van der Waals surface area contributed by atoms with Crippen molar-refractivity contribution in [1.82, 2.24) is 4.90 Å². The van der Waals surface area contributed by atoms with Gasteiger partial charge in [-0.1, -0.05) is 12.1 Å². The van der Waals surface area contributed by atoms with Gasteiger partial charge in [-0.2, -0.15) is 0 Å². The molecule has 0 saturated carbocycles. The molecule has 1 fully saturated rings. The van der Waals surface area contributed by atoms with E-state index in [1.165, 1.54) is 20.8 Å². The molecule has 1 aromatic carbocycles. The highest BCUT2D eigenvalue weighted by Gasteiger charge is 2.61. The third-order valence-electron chi connectivity index (χ3n) is 4.36. The zero-order valence-corrected chi connectivity index (χ0v) is 15.2. The van der Waals surface area contributed by atoms with Gasteiger partial charge >= 0.3 is 6.09 Å². The Hall–Kier alpha value is -2.12. The van der Waals surface area contributed by atoms with Gasteiger partial charge in [0.2, 0.25) is 0 Å². The number of halogens is 4. The molecule has 0 aliphatic carbocycles. The molecular formula is C18H21F4NO3. The number of hydrogen-bond acceptors (Lipinski definition) is 3. The largest absolute Gasteiger partial charge is 0.443 e. The average Bonchev–Trinajstić information content (AvgIpc) is 2.46. The van der Waals surface area contributed by atoms with Crippen molar-refractivity contribution in [3.05, 3.63) is 35.4 Å².